The first-order valence-electron chi connectivity index (χ1n) is 6.43. The van der Waals surface area contributed by atoms with Gasteiger partial charge in [0.15, 0.2) is 0 Å². The lowest BCUT2D eigenvalue weighted by Gasteiger charge is -2.21. The summed E-state index contributed by atoms with van der Waals surface area (Å²) in [6, 6.07) is 4.06. The molecule has 0 fully saturated rings. The average molecular weight is 395 g/mol. The molecular formula is C14H21Br2NO2. The Labute approximate surface area is 132 Å². The maximum absolute atomic E-state index is 9.92. The molecular weight excluding hydrogens is 374 g/mol. The lowest BCUT2D eigenvalue weighted by Crippen LogP contribution is -2.36. The second-order valence-electron chi connectivity index (χ2n) is 4.78. The topological polar surface area (TPSA) is 41.5 Å². The standard InChI is InChI=1S/C14H21Br2NO2/c1-4-14(3,18)9-17-8-10-6-11(15)13(19-5-2)12(16)7-10/h6-7,17-18H,4-5,8-9H2,1-3H3. The van der Waals surface area contributed by atoms with E-state index in [0.29, 0.717) is 19.7 Å². The minimum absolute atomic E-state index is 0.575. The number of ether oxygens (including phenoxy) is 1. The summed E-state index contributed by atoms with van der Waals surface area (Å²) in [6.07, 6.45) is 0.733. The lowest BCUT2D eigenvalue weighted by molar-refractivity contribution is 0.0555. The van der Waals surface area contributed by atoms with E-state index >= 15 is 0 Å². The number of hydrogen-bond donors (Lipinski definition) is 2. The highest BCUT2D eigenvalue weighted by atomic mass is 79.9. The zero-order chi connectivity index (χ0) is 14.5. The Morgan fingerprint density at radius 2 is 1.84 bits per heavy atom. The summed E-state index contributed by atoms with van der Waals surface area (Å²) in [6.45, 7) is 7.69. The molecule has 1 aromatic carbocycles. The van der Waals surface area contributed by atoms with Crippen molar-refractivity contribution in [2.45, 2.75) is 39.3 Å². The van der Waals surface area contributed by atoms with E-state index in [1.54, 1.807) is 0 Å². The first-order valence-corrected chi connectivity index (χ1v) is 8.02. The van der Waals surface area contributed by atoms with Crippen LogP contribution in [0.2, 0.25) is 0 Å². The molecule has 0 spiro atoms. The molecule has 0 aliphatic carbocycles. The van der Waals surface area contributed by atoms with Gasteiger partial charge in [-0.05, 0) is 69.8 Å². The Kier molecular flexibility index (Phi) is 6.80. The highest BCUT2D eigenvalue weighted by Crippen LogP contribution is 2.34. The zero-order valence-corrected chi connectivity index (χ0v) is 14.8. The predicted octanol–water partition coefficient (Wildman–Crippen LogP) is 3.86. The van der Waals surface area contributed by atoms with E-state index in [2.05, 4.69) is 37.2 Å². The second kappa shape index (κ2) is 7.62. The van der Waals surface area contributed by atoms with Crippen molar-refractivity contribution in [3.63, 3.8) is 0 Å². The molecule has 108 valence electrons. The van der Waals surface area contributed by atoms with Gasteiger partial charge >= 0.3 is 0 Å². The number of rotatable bonds is 7. The van der Waals surface area contributed by atoms with Gasteiger partial charge < -0.3 is 15.2 Å². The maximum atomic E-state index is 9.92. The van der Waals surface area contributed by atoms with Crippen LogP contribution in [0.5, 0.6) is 5.75 Å². The van der Waals surface area contributed by atoms with Crippen LogP contribution in [-0.2, 0) is 6.54 Å². The Hall–Kier alpha value is -0.100. The molecule has 1 rings (SSSR count). The molecule has 1 unspecified atom stereocenters. The molecule has 19 heavy (non-hydrogen) atoms. The zero-order valence-electron chi connectivity index (χ0n) is 11.6. The van der Waals surface area contributed by atoms with Gasteiger partial charge in [-0.1, -0.05) is 6.92 Å². The molecule has 0 radical (unpaired) electrons. The van der Waals surface area contributed by atoms with Crippen LogP contribution in [0.3, 0.4) is 0 Å². The molecule has 0 saturated carbocycles. The molecule has 1 atom stereocenters. The van der Waals surface area contributed by atoms with E-state index in [1.165, 1.54) is 0 Å². The summed E-state index contributed by atoms with van der Waals surface area (Å²) in [4.78, 5) is 0. The molecule has 0 heterocycles. The van der Waals surface area contributed by atoms with Gasteiger partial charge in [-0.25, -0.2) is 0 Å². The quantitative estimate of drug-likeness (QED) is 0.737. The van der Waals surface area contributed by atoms with Crippen molar-refractivity contribution < 1.29 is 9.84 Å². The molecule has 1 aromatic rings. The third kappa shape index (κ3) is 5.42. The number of hydrogen-bond acceptors (Lipinski definition) is 3. The van der Waals surface area contributed by atoms with Crippen molar-refractivity contribution in [2.75, 3.05) is 13.2 Å². The van der Waals surface area contributed by atoms with Gasteiger partial charge in [0.2, 0.25) is 0 Å². The Morgan fingerprint density at radius 3 is 2.32 bits per heavy atom. The summed E-state index contributed by atoms with van der Waals surface area (Å²) in [5.74, 6) is 0.826. The molecule has 0 aliphatic rings. The minimum atomic E-state index is -0.653. The minimum Gasteiger partial charge on any atom is -0.492 e. The highest BCUT2D eigenvalue weighted by Gasteiger charge is 2.16. The van der Waals surface area contributed by atoms with Crippen molar-refractivity contribution >= 4 is 31.9 Å². The van der Waals surface area contributed by atoms with E-state index in [9.17, 15) is 5.11 Å². The van der Waals surface area contributed by atoms with Gasteiger partial charge in [-0.2, -0.15) is 0 Å². The number of benzene rings is 1. The molecule has 0 saturated heterocycles. The van der Waals surface area contributed by atoms with E-state index in [0.717, 1.165) is 26.7 Å². The molecule has 0 aromatic heterocycles. The van der Waals surface area contributed by atoms with Gasteiger partial charge in [-0.3, -0.25) is 0 Å². The molecule has 2 N–H and O–H groups in total. The molecule has 0 aliphatic heterocycles. The number of aliphatic hydroxyl groups is 1. The molecule has 5 heteroatoms. The third-order valence-corrected chi connectivity index (χ3v) is 4.12. The van der Waals surface area contributed by atoms with Crippen LogP contribution in [0.4, 0.5) is 0 Å². The normalized spacial score (nSPS) is 14.2. The number of nitrogens with one attached hydrogen (secondary N) is 1. The van der Waals surface area contributed by atoms with Gasteiger partial charge in [0, 0.05) is 13.1 Å². The fraction of sp³-hybridized carbons (Fsp3) is 0.571. The first kappa shape index (κ1) is 17.0. The Balaban J connectivity index is 2.66. The average Bonchev–Trinajstić information content (AvgIpc) is 2.34. The SMILES string of the molecule is CCOc1c(Br)cc(CNCC(C)(O)CC)cc1Br. The predicted molar refractivity (Wildman–Crippen MR) is 85.6 cm³/mol. The largest absolute Gasteiger partial charge is 0.492 e. The highest BCUT2D eigenvalue weighted by molar-refractivity contribution is 9.11. The van der Waals surface area contributed by atoms with Crippen molar-refractivity contribution in [2.24, 2.45) is 0 Å². The van der Waals surface area contributed by atoms with Crippen LogP contribution < -0.4 is 10.1 Å². The van der Waals surface area contributed by atoms with Crippen molar-refractivity contribution in [3.8, 4) is 5.75 Å². The summed E-state index contributed by atoms with van der Waals surface area (Å²) in [7, 11) is 0. The maximum Gasteiger partial charge on any atom is 0.147 e. The Morgan fingerprint density at radius 1 is 1.26 bits per heavy atom. The van der Waals surface area contributed by atoms with E-state index in [4.69, 9.17) is 4.74 Å². The summed E-state index contributed by atoms with van der Waals surface area (Å²) in [5.41, 5.74) is 0.480. The van der Waals surface area contributed by atoms with Crippen LogP contribution in [0, 0.1) is 0 Å². The fourth-order valence-electron chi connectivity index (χ4n) is 1.60. The molecule has 3 nitrogen and oxygen atoms in total. The monoisotopic (exact) mass is 393 g/mol. The number of halogens is 2. The van der Waals surface area contributed by atoms with Crippen LogP contribution in [0.25, 0.3) is 0 Å². The van der Waals surface area contributed by atoms with E-state index in [-0.39, 0.29) is 0 Å². The van der Waals surface area contributed by atoms with Crippen molar-refractivity contribution in [1.29, 1.82) is 0 Å². The van der Waals surface area contributed by atoms with Crippen LogP contribution in [-0.4, -0.2) is 23.9 Å². The first-order chi connectivity index (χ1) is 8.89. The molecule has 0 bridgehead atoms. The van der Waals surface area contributed by atoms with Crippen LogP contribution >= 0.6 is 31.9 Å². The Bertz CT molecular complexity index is 399. The van der Waals surface area contributed by atoms with Gasteiger partial charge in [0.25, 0.3) is 0 Å². The lowest BCUT2D eigenvalue weighted by atomic mass is 10.0. The van der Waals surface area contributed by atoms with Gasteiger partial charge in [0.05, 0.1) is 21.2 Å². The summed E-state index contributed by atoms with van der Waals surface area (Å²) >= 11 is 7.02. The van der Waals surface area contributed by atoms with Gasteiger partial charge in [-0.15, -0.1) is 0 Å². The van der Waals surface area contributed by atoms with Crippen LogP contribution in [0.1, 0.15) is 32.8 Å². The van der Waals surface area contributed by atoms with E-state index in [1.807, 2.05) is 32.9 Å². The fourth-order valence-corrected chi connectivity index (χ4v) is 3.11. The smallest absolute Gasteiger partial charge is 0.147 e. The second-order valence-corrected chi connectivity index (χ2v) is 6.48. The van der Waals surface area contributed by atoms with Gasteiger partial charge in [0.1, 0.15) is 5.75 Å². The third-order valence-electron chi connectivity index (χ3n) is 2.94. The molecule has 0 amide bonds. The van der Waals surface area contributed by atoms with E-state index < -0.39 is 5.60 Å². The van der Waals surface area contributed by atoms with Crippen molar-refractivity contribution in [1.82, 2.24) is 5.32 Å². The van der Waals surface area contributed by atoms with Crippen LogP contribution in [0.15, 0.2) is 21.1 Å². The summed E-state index contributed by atoms with van der Waals surface area (Å²) in [5, 5.41) is 13.2. The summed E-state index contributed by atoms with van der Waals surface area (Å²) < 4.78 is 7.41. The van der Waals surface area contributed by atoms with Crippen molar-refractivity contribution in [3.05, 3.63) is 26.6 Å².